The first kappa shape index (κ1) is 18.9. The second kappa shape index (κ2) is 6.40. The van der Waals surface area contributed by atoms with Crippen molar-refractivity contribution in [1.29, 1.82) is 0 Å². The van der Waals surface area contributed by atoms with Gasteiger partial charge < -0.3 is 9.47 Å². The molecule has 1 atom stereocenters. The monoisotopic (exact) mass is 378 g/mol. The molecule has 0 N–H and O–H groups in total. The molecule has 27 heavy (non-hydrogen) atoms. The van der Waals surface area contributed by atoms with Crippen LogP contribution in [0.4, 0.5) is 13.2 Å². The van der Waals surface area contributed by atoms with Gasteiger partial charge in [-0.2, -0.15) is 13.2 Å². The number of ketones is 1. The van der Waals surface area contributed by atoms with Crippen molar-refractivity contribution in [2.75, 3.05) is 7.11 Å². The van der Waals surface area contributed by atoms with E-state index in [0.29, 0.717) is 5.56 Å². The third-order valence-corrected chi connectivity index (χ3v) is 4.68. The molecule has 0 saturated heterocycles. The number of Topliss-reactive ketones (excluding diaryl/α,β-unsaturated/α-hetero) is 1. The lowest BCUT2D eigenvalue weighted by Crippen LogP contribution is -2.43. The number of carbonyl (C=O) groups excluding carboxylic acids is 2. The van der Waals surface area contributed by atoms with Crippen LogP contribution in [0.15, 0.2) is 36.4 Å². The summed E-state index contributed by atoms with van der Waals surface area (Å²) in [6.45, 7) is 3.38. The van der Waals surface area contributed by atoms with Crippen LogP contribution in [0.3, 0.4) is 0 Å². The summed E-state index contributed by atoms with van der Waals surface area (Å²) in [6, 6.07) is 8.85. The number of methoxy groups -OCH3 is 1. The van der Waals surface area contributed by atoms with Gasteiger partial charge in [-0.25, -0.2) is 4.79 Å². The lowest BCUT2D eigenvalue weighted by atomic mass is 9.84. The molecule has 0 aromatic heterocycles. The van der Waals surface area contributed by atoms with Gasteiger partial charge in [-0.3, -0.25) is 4.79 Å². The number of hydrogen-bond donors (Lipinski definition) is 0. The lowest BCUT2D eigenvalue weighted by Gasteiger charge is -2.35. The van der Waals surface area contributed by atoms with E-state index >= 15 is 0 Å². The summed E-state index contributed by atoms with van der Waals surface area (Å²) in [5.74, 6) is -1.50. The predicted octanol–water partition coefficient (Wildman–Crippen LogP) is 4.22. The summed E-state index contributed by atoms with van der Waals surface area (Å²) in [5.41, 5.74) is -1.53. The van der Waals surface area contributed by atoms with Crippen molar-refractivity contribution in [3.05, 3.63) is 64.2 Å². The minimum atomic E-state index is -4.77. The van der Waals surface area contributed by atoms with E-state index in [-0.39, 0.29) is 23.5 Å². The van der Waals surface area contributed by atoms with E-state index in [0.717, 1.165) is 24.8 Å². The van der Waals surface area contributed by atoms with Crippen LogP contribution in [0, 0.1) is 6.92 Å². The molecule has 0 aliphatic carbocycles. The van der Waals surface area contributed by atoms with Crippen LogP contribution in [-0.2, 0) is 27.7 Å². The zero-order valence-electron chi connectivity index (χ0n) is 14.9. The van der Waals surface area contributed by atoms with Crippen LogP contribution < -0.4 is 4.74 Å². The van der Waals surface area contributed by atoms with E-state index in [9.17, 15) is 22.8 Å². The molecule has 1 unspecified atom stereocenters. The number of carbonyl (C=O) groups is 2. The van der Waals surface area contributed by atoms with Crippen molar-refractivity contribution in [2.45, 2.75) is 32.0 Å². The van der Waals surface area contributed by atoms with Crippen LogP contribution in [-0.4, -0.2) is 18.9 Å². The third-order valence-electron chi connectivity index (χ3n) is 4.68. The predicted molar refractivity (Wildman–Crippen MR) is 90.7 cm³/mol. The molecule has 2 aromatic rings. The Balaban J connectivity index is 2.14. The summed E-state index contributed by atoms with van der Waals surface area (Å²) >= 11 is 0. The van der Waals surface area contributed by atoms with Gasteiger partial charge in [0.2, 0.25) is 0 Å². The molecule has 142 valence electrons. The second-order valence-electron chi connectivity index (χ2n) is 6.60. The van der Waals surface area contributed by atoms with Gasteiger partial charge in [0.15, 0.2) is 11.4 Å². The smallest absolute Gasteiger partial charge is 0.417 e. The number of alkyl halides is 3. The number of esters is 1. The van der Waals surface area contributed by atoms with Crippen molar-refractivity contribution in [1.82, 2.24) is 0 Å². The van der Waals surface area contributed by atoms with Gasteiger partial charge in [0, 0.05) is 17.5 Å². The average molecular weight is 378 g/mol. The minimum Gasteiger partial charge on any atom is -0.475 e. The molecular formula is C20H17F3O4. The van der Waals surface area contributed by atoms with E-state index in [4.69, 9.17) is 4.74 Å². The van der Waals surface area contributed by atoms with Gasteiger partial charge in [-0.1, -0.05) is 29.8 Å². The van der Waals surface area contributed by atoms with Gasteiger partial charge in [0.05, 0.1) is 18.2 Å². The topological polar surface area (TPSA) is 52.6 Å². The third kappa shape index (κ3) is 3.29. The molecule has 0 fully saturated rings. The quantitative estimate of drug-likeness (QED) is 0.735. The van der Waals surface area contributed by atoms with Gasteiger partial charge in [0.25, 0.3) is 0 Å². The molecule has 3 rings (SSSR count). The standard InChI is InChI=1S/C20H17F3O4/c1-11-5-4-6-13(7-11)19(2)17(24)9-12-8-14(18(25)26-3)15(20(21,22)23)10-16(12)27-19/h4-8,10H,9H2,1-3H3. The molecular weight excluding hydrogens is 361 g/mol. The highest BCUT2D eigenvalue weighted by Gasteiger charge is 2.44. The maximum atomic E-state index is 13.4. The molecule has 0 amide bonds. The van der Waals surface area contributed by atoms with Gasteiger partial charge in [-0.15, -0.1) is 0 Å². The van der Waals surface area contributed by atoms with E-state index in [2.05, 4.69) is 4.74 Å². The van der Waals surface area contributed by atoms with Gasteiger partial charge >= 0.3 is 12.1 Å². The first-order valence-electron chi connectivity index (χ1n) is 8.18. The van der Waals surface area contributed by atoms with Gasteiger partial charge in [-0.05, 0) is 26.0 Å². The number of aryl methyl sites for hydroxylation is 1. The number of hydrogen-bond acceptors (Lipinski definition) is 4. The van der Waals surface area contributed by atoms with Gasteiger partial charge in [0.1, 0.15) is 5.75 Å². The average Bonchev–Trinajstić information content (AvgIpc) is 2.60. The molecule has 2 aromatic carbocycles. The largest absolute Gasteiger partial charge is 0.475 e. The highest BCUT2D eigenvalue weighted by atomic mass is 19.4. The Hall–Kier alpha value is -2.83. The number of ether oxygens (including phenoxy) is 2. The first-order valence-corrected chi connectivity index (χ1v) is 8.18. The van der Waals surface area contributed by atoms with Crippen LogP contribution in [0.5, 0.6) is 5.75 Å². The molecule has 1 aliphatic rings. The number of benzene rings is 2. The summed E-state index contributed by atoms with van der Waals surface area (Å²) in [5, 5.41) is 0. The van der Waals surface area contributed by atoms with Crippen LogP contribution in [0.1, 0.15) is 39.5 Å². The highest BCUT2D eigenvalue weighted by molar-refractivity contribution is 5.95. The molecule has 1 heterocycles. The summed E-state index contributed by atoms with van der Waals surface area (Å²) in [4.78, 5) is 24.5. The van der Waals surface area contributed by atoms with E-state index < -0.39 is 28.9 Å². The fraction of sp³-hybridized carbons (Fsp3) is 0.300. The van der Waals surface area contributed by atoms with Crippen molar-refractivity contribution < 1.29 is 32.2 Å². The van der Waals surface area contributed by atoms with E-state index in [1.54, 1.807) is 18.2 Å². The SMILES string of the molecule is COC(=O)c1cc2c(cc1C(F)(F)F)OC(C)(c1cccc(C)c1)C(=O)C2. The molecule has 0 spiro atoms. The molecule has 0 radical (unpaired) electrons. The Bertz CT molecular complexity index is 933. The fourth-order valence-electron chi connectivity index (χ4n) is 3.15. The maximum absolute atomic E-state index is 13.4. The summed E-state index contributed by atoms with van der Waals surface area (Å²) in [7, 11) is 0.998. The van der Waals surface area contributed by atoms with E-state index in [1.165, 1.54) is 6.92 Å². The number of halogens is 3. The Morgan fingerprint density at radius 2 is 1.93 bits per heavy atom. The zero-order chi connectivity index (χ0) is 20.0. The molecule has 0 saturated carbocycles. The molecule has 7 heteroatoms. The maximum Gasteiger partial charge on any atom is 0.417 e. The van der Waals surface area contributed by atoms with Crippen molar-refractivity contribution in [2.24, 2.45) is 0 Å². The number of rotatable bonds is 2. The lowest BCUT2D eigenvalue weighted by molar-refractivity contribution is -0.138. The van der Waals surface area contributed by atoms with Crippen LogP contribution >= 0.6 is 0 Å². The van der Waals surface area contributed by atoms with Crippen molar-refractivity contribution >= 4 is 11.8 Å². The Labute approximate surface area is 153 Å². The number of fused-ring (bicyclic) bond motifs is 1. The molecule has 1 aliphatic heterocycles. The second-order valence-corrected chi connectivity index (χ2v) is 6.60. The van der Waals surface area contributed by atoms with Crippen LogP contribution in [0.2, 0.25) is 0 Å². The Kier molecular flexibility index (Phi) is 4.49. The molecule has 4 nitrogen and oxygen atoms in total. The normalized spacial score (nSPS) is 19.3. The fourth-order valence-corrected chi connectivity index (χ4v) is 3.15. The molecule has 0 bridgehead atoms. The zero-order valence-corrected chi connectivity index (χ0v) is 14.9. The first-order chi connectivity index (χ1) is 12.6. The van der Waals surface area contributed by atoms with Crippen molar-refractivity contribution in [3.8, 4) is 5.75 Å². The van der Waals surface area contributed by atoms with E-state index in [1.807, 2.05) is 13.0 Å². The summed E-state index contributed by atoms with van der Waals surface area (Å²) < 4.78 is 50.5. The highest BCUT2D eigenvalue weighted by Crippen LogP contribution is 2.42. The van der Waals surface area contributed by atoms with Crippen LogP contribution in [0.25, 0.3) is 0 Å². The van der Waals surface area contributed by atoms with Crippen molar-refractivity contribution in [3.63, 3.8) is 0 Å². The Morgan fingerprint density at radius 3 is 2.52 bits per heavy atom. The summed E-state index contributed by atoms with van der Waals surface area (Å²) in [6.07, 6.45) is -4.93. The minimum absolute atomic E-state index is 0.0708. The Morgan fingerprint density at radius 1 is 1.22 bits per heavy atom.